The Morgan fingerprint density at radius 1 is 0.969 bits per heavy atom. The van der Waals surface area contributed by atoms with Gasteiger partial charge < -0.3 is 19.9 Å². The zero-order valence-electron chi connectivity index (χ0n) is 18.6. The lowest BCUT2D eigenvalue weighted by molar-refractivity contribution is -0.127. The monoisotopic (exact) mass is 433 g/mol. The topological polar surface area (TPSA) is 61.9 Å². The Morgan fingerprint density at radius 2 is 1.69 bits per heavy atom. The van der Waals surface area contributed by atoms with Crippen molar-refractivity contribution >= 4 is 23.7 Å². The van der Waals surface area contributed by atoms with E-state index in [0.717, 1.165) is 35.4 Å². The van der Waals surface area contributed by atoms with Crippen molar-refractivity contribution in [3.05, 3.63) is 65.7 Å². The number of piperazine rings is 1. The van der Waals surface area contributed by atoms with Crippen molar-refractivity contribution < 1.29 is 14.3 Å². The average molecular weight is 434 g/mol. The molecule has 32 heavy (non-hydrogen) atoms. The fourth-order valence-electron chi connectivity index (χ4n) is 4.22. The highest BCUT2D eigenvalue weighted by Crippen LogP contribution is 2.25. The van der Waals surface area contributed by atoms with Crippen LogP contribution in [0.15, 0.2) is 54.6 Å². The van der Waals surface area contributed by atoms with E-state index in [2.05, 4.69) is 5.32 Å². The zero-order valence-corrected chi connectivity index (χ0v) is 18.6. The summed E-state index contributed by atoms with van der Waals surface area (Å²) in [7, 11) is 0. The van der Waals surface area contributed by atoms with Crippen molar-refractivity contribution in [1.82, 2.24) is 9.80 Å². The van der Waals surface area contributed by atoms with Gasteiger partial charge in [0.1, 0.15) is 5.75 Å². The lowest BCUT2D eigenvalue weighted by Crippen LogP contribution is -2.51. The zero-order chi connectivity index (χ0) is 22.3. The van der Waals surface area contributed by atoms with Crippen LogP contribution in [0.5, 0.6) is 5.75 Å². The molecule has 6 nitrogen and oxygen atoms in total. The van der Waals surface area contributed by atoms with Gasteiger partial charge in [0.05, 0.1) is 6.10 Å². The Balaban J connectivity index is 1.26. The highest BCUT2D eigenvalue weighted by atomic mass is 16.5. The SMILES string of the molecule is Cc1cccc(NC(=O)N2CCN(C(=O)/C=C/c3cccc(OC4CCCC4)c3)CC2)c1. The minimum atomic E-state index is -0.127. The van der Waals surface area contributed by atoms with Gasteiger partial charge in [-0.1, -0.05) is 24.3 Å². The number of ether oxygens (including phenoxy) is 1. The van der Waals surface area contributed by atoms with Crippen molar-refractivity contribution in [3.8, 4) is 5.75 Å². The molecular weight excluding hydrogens is 402 g/mol. The van der Waals surface area contributed by atoms with Crippen molar-refractivity contribution in [2.75, 3.05) is 31.5 Å². The number of benzene rings is 2. The van der Waals surface area contributed by atoms with Gasteiger partial charge in [0, 0.05) is 37.9 Å². The first-order valence-corrected chi connectivity index (χ1v) is 11.4. The van der Waals surface area contributed by atoms with Crippen LogP contribution in [0, 0.1) is 6.92 Å². The summed E-state index contributed by atoms with van der Waals surface area (Å²) in [5, 5.41) is 2.93. The first-order chi connectivity index (χ1) is 15.6. The van der Waals surface area contributed by atoms with Gasteiger partial charge in [-0.05, 0) is 74.1 Å². The number of amides is 3. The lowest BCUT2D eigenvalue weighted by Gasteiger charge is -2.34. The van der Waals surface area contributed by atoms with Crippen LogP contribution in [-0.2, 0) is 4.79 Å². The van der Waals surface area contributed by atoms with Gasteiger partial charge in [-0.25, -0.2) is 4.79 Å². The van der Waals surface area contributed by atoms with E-state index in [0.29, 0.717) is 32.3 Å². The van der Waals surface area contributed by atoms with Gasteiger partial charge in [0.15, 0.2) is 0 Å². The van der Waals surface area contributed by atoms with Crippen LogP contribution in [0.1, 0.15) is 36.8 Å². The maximum atomic E-state index is 12.6. The second-order valence-electron chi connectivity index (χ2n) is 8.54. The van der Waals surface area contributed by atoms with Crippen molar-refractivity contribution in [1.29, 1.82) is 0 Å². The minimum absolute atomic E-state index is 0.0362. The second-order valence-corrected chi connectivity index (χ2v) is 8.54. The largest absolute Gasteiger partial charge is 0.490 e. The molecule has 0 radical (unpaired) electrons. The molecule has 3 amide bonds. The number of carbonyl (C=O) groups is 2. The van der Waals surface area contributed by atoms with Crippen LogP contribution in [0.3, 0.4) is 0 Å². The summed E-state index contributed by atoms with van der Waals surface area (Å²) >= 11 is 0. The van der Waals surface area contributed by atoms with Crippen molar-refractivity contribution in [2.24, 2.45) is 0 Å². The summed E-state index contributed by atoms with van der Waals surface area (Å²) in [5.41, 5.74) is 2.83. The predicted molar refractivity (Wildman–Crippen MR) is 127 cm³/mol. The third-order valence-corrected chi connectivity index (χ3v) is 6.03. The molecule has 2 fully saturated rings. The van der Waals surface area contributed by atoms with Crippen LogP contribution >= 0.6 is 0 Å². The van der Waals surface area contributed by atoms with E-state index in [1.54, 1.807) is 15.9 Å². The molecule has 1 aliphatic carbocycles. The second kappa shape index (κ2) is 10.4. The van der Waals surface area contributed by atoms with Gasteiger partial charge in [0.2, 0.25) is 5.91 Å². The van der Waals surface area contributed by atoms with Gasteiger partial charge in [-0.3, -0.25) is 4.79 Å². The Labute approximate surface area is 189 Å². The first kappa shape index (κ1) is 21.9. The van der Waals surface area contributed by atoms with Crippen LogP contribution in [-0.4, -0.2) is 54.0 Å². The molecule has 168 valence electrons. The third-order valence-electron chi connectivity index (χ3n) is 6.03. The van der Waals surface area contributed by atoms with E-state index >= 15 is 0 Å². The van der Waals surface area contributed by atoms with E-state index in [1.165, 1.54) is 12.8 Å². The van der Waals surface area contributed by atoms with Crippen LogP contribution in [0.4, 0.5) is 10.5 Å². The highest BCUT2D eigenvalue weighted by Gasteiger charge is 2.23. The normalized spacial score (nSPS) is 17.0. The molecule has 1 saturated carbocycles. The number of anilines is 1. The number of hydrogen-bond acceptors (Lipinski definition) is 3. The van der Waals surface area contributed by atoms with Crippen LogP contribution < -0.4 is 10.1 Å². The van der Waals surface area contributed by atoms with Gasteiger partial charge in [0.25, 0.3) is 0 Å². The van der Waals surface area contributed by atoms with E-state index in [1.807, 2.05) is 61.5 Å². The molecule has 0 spiro atoms. The number of hydrogen-bond donors (Lipinski definition) is 1. The summed E-state index contributed by atoms with van der Waals surface area (Å²) in [5.74, 6) is 0.825. The predicted octanol–water partition coefficient (Wildman–Crippen LogP) is 4.71. The molecule has 4 rings (SSSR count). The Kier molecular flexibility index (Phi) is 7.10. The number of nitrogens with one attached hydrogen (secondary N) is 1. The summed E-state index contributed by atoms with van der Waals surface area (Å²) in [4.78, 5) is 28.7. The molecule has 1 saturated heterocycles. The number of carbonyl (C=O) groups excluding carboxylic acids is 2. The van der Waals surface area contributed by atoms with Crippen molar-refractivity contribution in [2.45, 2.75) is 38.7 Å². The lowest BCUT2D eigenvalue weighted by atomic mass is 10.2. The van der Waals surface area contributed by atoms with E-state index in [9.17, 15) is 9.59 Å². The molecule has 2 aromatic rings. The maximum Gasteiger partial charge on any atom is 0.321 e. The molecule has 1 heterocycles. The number of urea groups is 1. The summed E-state index contributed by atoms with van der Waals surface area (Å²) in [6.45, 7) is 4.07. The van der Waals surface area contributed by atoms with Gasteiger partial charge >= 0.3 is 6.03 Å². The summed E-state index contributed by atoms with van der Waals surface area (Å²) in [6, 6.07) is 15.5. The van der Waals surface area contributed by atoms with Gasteiger partial charge in [-0.15, -0.1) is 0 Å². The fraction of sp³-hybridized carbons (Fsp3) is 0.385. The summed E-state index contributed by atoms with van der Waals surface area (Å²) < 4.78 is 6.05. The highest BCUT2D eigenvalue weighted by molar-refractivity contribution is 5.92. The van der Waals surface area contributed by atoms with E-state index < -0.39 is 0 Å². The number of nitrogens with zero attached hydrogens (tertiary/aromatic N) is 2. The molecule has 0 aromatic heterocycles. The quantitative estimate of drug-likeness (QED) is 0.695. The maximum absolute atomic E-state index is 12.6. The third kappa shape index (κ3) is 5.90. The number of aryl methyl sites for hydroxylation is 1. The number of rotatable bonds is 5. The standard InChI is InChI=1S/C26H31N3O3/c1-20-6-4-8-22(18-20)27-26(31)29-16-14-28(15-17-29)25(30)13-12-21-7-5-11-24(19-21)32-23-9-2-3-10-23/h4-8,11-13,18-19,23H,2-3,9-10,14-17H2,1H3,(H,27,31)/b13-12+. The van der Waals surface area contributed by atoms with Gasteiger partial charge in [-0.2, -0.15) is 0 Å². The first-order valence-electron chi connectivity index (χ1n) is 11.4. The average Bonchev–Trinajstić information content (AvgIpc) is 3.31. The smallest absolute Gasteiger partial charge is 0.321 e. The minimum Gasteiger partial charge on any atom is -0.490 e. The fourth-order valence-corrected chi connectivity index (χ4v) is 4.22. The summed E-state index contributed by atoms with van der Waals surface area (Å²) in [6.07, 6.45) is 8.47. The molecule has 2 aliphatic rings. The molecule has 0 unspecified atom stereocenters. The van der Waals surface area contributed by atoms with Crippen molar-refractivity contribution in [3.63, 3.8) is 0 Å². The Morgan fingerprint density at radius 3 is 2.44 bits per heavy atom. The molecular formula is C26H31N3O3. The molecule has 0 bridgehead atoms. The Bertz CT molecular complexity index is 974. The Hall–Kier alpha value is -3.28. The molecule has 2 aromatic carbocycles. The molecule has 1 aliphatic heterocycles. The van der Waals surface area contributed by atoms with Crippen LogP contribution in [0.2, 0.25) is 0 Å². The van der Waals surface area contributed by atoms with E-state index in [-0.39, 0.29) is 11.9 Å². The van der Waals surface area contributed by atoms with Crippen LogP contribution in [0.25, 0.3) is 6.08 Å². The molecule has 1 N–H and O–H groups in total. The van der Waals surface area contributed by atoms with E-state index in [4.69, 9.17) is 4.74 Å². The molecule has 0 atom stereocenters. The molecule has 6 heteroatoms.